The smallest absolute Gasteiger partial charge is 0.246 e. The van der Waals surface area contributed by atoms with E-state index < -0.39 is 35.4 Å². The third-order valence-corrected chi connectivity index (χ3v) is 14.4. The zero-order chi connectivity index (χ0) is 51.7. The molecule has 1 aliphatic heterocycles. The molecule has 16 nitrogen and oxygen atoms in total. The Hall–Kier alpha value is -5.70. The first-order valence-corrected chi connectivity index (χ1v) is 26.5. The van der Waals surface area contributed by atoms with Crippen molar-refractivity contribution in [3.05, 3.63) is 107 Å². The molecule has 3 aromatic heterocycles. The SMILES string of the molecule is Cc1ncsc1-c1ccc(CNC(=O)[C@@H]2C[C@@H](O)CN2C(=O)[C@@H](NC(=O)COCCOCCOCCOCCOCCCc2ccc3nc(-c4ccc(-c5ccc(N(C)C)nc5)cc4)sc3c2)C(C)(C)C)cc1. The normalized spacial score (nSPS) is 15.2. The molecule has 4 heterocycles. The molecule has 3 aromatic carbocycles. The summed E-state index contributed by atoms with van der Waals surface area (Å²) in [6.07, 6.45) is 2.97. The van der Waals surface area contributed by atoms with Gasteiger partial charge in [-0.1, -0.05) is 75.4 Å². The number of benzene rings is 3. The van der Waals surface area contributed by atoms with Crippen LogP contribution in [-0.2, 0) is 51.0 Å². The van der Waals surface area contributed by atoms with Gasteiger partial charge in [-0.15, -0.1) is 22.7 Å². The molecule has 1 fully saturated rings. The minimum Gasteiger partial charge on any atom is -0.391 e. The molecule has 0 radical (unpaired) electrons. The van der Waals surface area contributed by atoms with E-state index in [2.05, 4.69) is 69.1 Å². The lowest BCUT2D eigenvalue weighted by Gasteiger charge is -2.35. The molecule has 0 unspecified atom stereocenters. The van der Waals surface area contributed by atoms with Crippen LogP contribution in [-0.4, -0.2) is 148 Å². The van der Waals surface area contributed by atoms with Crippen molar-refractivity contribution in [2.24, 2.45) is 5.41 Å². The van der Waals surface area contributed by atoms with E-state index in [4.69, 9.17) is 28.7 Å². The third kappa shape index (κ3) is 16.1. The highest BCUT2D eigenvalue weighted by Gasteiger charge is 2.44. The summed E-state index contributed by atoms with van der Waals surface area (Å²) in [5.74, 6) is -0.345. The molecular formula is C55H69N7O9S2. The number of aliphatic hydroxyl groups excluding tert-OH is 1. The minimum absolute atomic E-state index is 0.0102. The van der Waals surface area contributed by atoms with Crippen molar-refractivity contribution < 1.29 is 43.2 Å². The Morgan fingerprint density at radius 1 is 0.781 bits per heavy atom. The van der Waals surface area contributed by atoms with Gasteiger partial charge in [0.1, 0.15) is 29.5 Å². The van der Waals surface area contributed by atoms with Gasteiger partial charge in [-0.25, -0.2) is 15.0 Å². The maximum atomic E-state index is 13.9. The van der Waals surface area contributed by atoms with Crippen molar-refractivity contribution in [2.45, 2.75) is 71.7 Å². The van der Waals surface area contributed by atoms with Gasteiger partial charge in [-0.2, -0.15) is 0 Å². The number of aromatic nitrogens is 3. The lowest BCUT2D eigenvalue weighted by atomic mass is 9.85. The van der Waals surface area contributed by atoms with Gasteiger partial charge in [0.2, 0.25) is 17.7 Å². The van der Waals surface area contributed by atoms with Crippen molar-refractivity contribution in [1.82, 2.24) is 30.5 Å². The van der Waals surface area contributed by atoms with Crippen LogP contribution in [0.1, 0.15) is 50.4 Å². The van der Waals surface area contributed by atoms with Gasteiger partial charge < -0.3 is 49.2 Å². The Labute approximate surface area is 436 Å². The van der Waals surface area contributed by atoms with E-state index in [1.54, 1.807) is 22.7 Å². The van der Waals surface area contributed by atoms with Crippen LogP contribution in [0.4, 0.5) is 5.82 Å². The number of nitrogens with one attached hydrogen (secondary N) is 2. The van der Waals surface area contributed by atoms with Crippen molar-refractivity contribution in [3.63, 3.8) is 0 Å². The standard InChI is InChI=1S/C55H69N7O9S2/c1-37-50(72-36-58-37)41-12-9-39(10-13-41)32-57-52(65)46-31-44(63)34-62(46)54(66)51(55(2,3)4)60-49(64)35-71-29-28-70-27-26-69-25-24-68-23-22-67-21-7-8-38-11-19-45-47(30-38)73-53(59-45)42-16-14-40(15-17-42)43-18-20-48(56-33-43)61(5)6/h9-20,30,33,36,44,46,51,63H,7-8,21-29,31-32,34-35H2,1-6H3,(H,57,65)(H,60,64)/t44-,46+,51-/m1/s1. The monoisotopic (exact) mass is 1040 g/mol. The molecule has 73 heavy (non-hydrogen) atoms. The number of thiazole rings is 2. The number of carbonyl (C=O) groups excluding carboxylic acids is 3. The highest BCUT2D eigenvalue weighted by molar-refractivity contribution is 7.21. The molecule has 18 heteroatoms. The zero-order valence-electron chi connectivity index (χ0n) is 42.8. The summed E-state index contributed by atoms with van der Waals surface area (Å²) in [5, 5.41) is 17.3. The van der Waals surface area contributed by atoms with Gasteiger partial charge in [-0.3, -0.25) is 14.4 Å². The highest BCUT2D eigenvalue weighted by Crippen LogP contribution is 2.33. The predicted octanol–water partition coefficient (Wildman–Crippen LogP) is 7.35. The number of β-amino-alcohol motifs (C(OH)–C–C–N with tert-alkyl or cyclic N) is 1. The number of amides is 3. The fraction of sp³-hybridized carbons (Fsp3) is 0.455. The summed E-state index contributed by atoms with van der Waals surface area (Å²) >= 11 is 3.28. The second-order valence-corrected chi connectivity index (χ2v) is 21.1. The summed E-state index contributed by atoms with van der Waals surface area (Å²) < 4.78 is 29.3. The summed E-state index contributed by atoms with van der Waals surface area (Å²) in [6, 6.07) is 25.2. The maximum absolute atomic E-state index is 13.9. The molecule has 0 saturated carbocycles. The van der Waals surface area contributed by atoms with Crippen LogP contribution in [0.5, 0.6) is 0 Å². The summed E-state index contributed by atoms with van der Waals surface area (Å²) in [5.41, 5.74) is 9.62. The third-order valence-electron chi connectivity index (χ3n) is 12.3. The van der Waals surface area contributed by atoms with Crippen LogP contribution in [0.25, 0.3) is 42.4 Å². The zero-order valence-corrected chi connectivity index (χ0v) is 44.4. The second kappa shape index (κ2) is 27.0. The fourth-order valence-corrected chi connectivity index (χ4v) is 10.1. The number of carbonyl (C=O) groups is 3. The first-order chi connectivity index (χ1) is 35.2. The summed E-state index contributed by atoms with van der Waals surface area (Å²) in [6.45, 7) is 11.1. The van der Waals surface area contributed by atoms with Gasteiger partial charge in [0.15, 0.2) is 0 Å². The molecule has 0 aliphatic carbocycles. The number of pyridine rings is 1. The van der Waals surface area contributed by atoms with E-state index in [-0.39, 0.29) is 45.2 Å². The molecule has 1 aliphatic rings. The fourth-order valence-electron chi connectivity index (χ4n) is 8.28. The van der Waals surface area contributed by atoms with E-state index in [0.717, 1.165) is 67.6 Å². The van der Waals surface area contributed by atoms with Crippen molar-refractivity contribution in [1.29, 1.82) is 0 Å². The average Bonchev–Trinajstić information content (AvgIpc) is 4.13. The van der Waals surface area contributed by atoms with Crippen molar-refractivity contribution >= 4 is 56.4 Å². The van der Waals surface area contributed by atoms with E-state index in [1.807, 2.05) is 88.7 Å². The molecule has 0 bridgehead atoms. The van der Waals surface area contributed by atoms with Crippen LogP contribution in [0.3, 0.4) is 0 Å². The molecule has 6 aromatic rings. The van der Waals surface area contributed by atoms with E-state index >= 15 is 0 Å². The maximum Gasteiger partial charge on any atom is 0.246 e. The molecular weight excluding hydrogens is 967 g/mol. The lowest BCUT2D eigenvalue weighted by Crippen LogP contribution is -2.58. The van der Waals surface area contributed by atoms with E-state index in [9.17, 15) is 19.5 Å². The summed E-state index contributed by atoms with van der Waals surface area (Å²) in [4.78, 5) is 58.5. The van der Waals surface area contributed by atoms with Crippen molar-refractivity contribution in [2.75, 3.05) is 91.6 Å². The van der Waals surface area contributed by atoms with E-state index in [0.29, 0.717) is 46.2 Å². The molecule has 390 valence electrons. The Balaban J connectivity index is 0.693. The van der Waals surface area contributed by atoms with Crippen molar-refractivity contribution in [3.8, 4) is 32.1 Å². The van der Waals surface area contributed by atoms with Gasteiger partial charge in [0, 0.05) is 57.5 Å². The summed E-state index contributed by atoms with van der Waals surface area (Å²) in [7, 11) is 3.97. The first kappa shape index (κ1) is 55.1. The molecule has 3 N–H and O–H groups in total. The molecule has 0 spiro atoms. The largest absolute Gasteiger partial charge is 0.391 e. The van der Waals surface area contributed by atoms with Crippen LogP contribution in [0.15, 0.2) is 90.6 Å². The molecule has 3 amide bonds. The number of likely N-dealkylation sites (tertiary alicyclic amines) is 1. The number of ether oxygens (including phenoxy) is 5. The quantitative estimate of drug-likeness (QED) is 0.0436. The first-order valence-electron chi connectivity index (χ1n) is 24.8. The minimum atomic E-state index is -0.956. The average molecular weight is 1040 g/mol. The van der Waals surface area contributed by atoms with Gasteiger partial charge in [0.25, 0.3) is 0 Å². The second-order valence-electron chi connectivity index (χ2n) is 19.2. The number of hydrogen-bond acceptors (Lipinski definition) is 15. The Kier molecular flexibility index (Phi) is 20.4. The van der Waals surface area contributed by atoms with Crippen LogP contribution in [0, 0.1) is 12.3 Å². The number of rotatable bonds is 27. The Bertz CT molecular complexity index is 2690. The predicted molar refractivity (Wildman–Crippen MR) is 287 cm³/mol. The van der Waals surface area contributed by atoms with Crippen LogP contribution < -0.4 is 15.5 Å². The van der Waals surface area contributed by atoms with E-state index in [1.165, 1.54) is 15.2 Å². The topological polar surface area (TPSA) is 187 Å². The Morgan fingerprint density at radius 2 is 1.40 bits per heavy atom. The number of fused-ring (bicyclic) bond motifs is 1. The molecule has 1 saturated heterocycles. The number of aryl methyl sites for hydroxylation is 2. The number of hydrogen-bond donors (Lipinski definition) is 3. The highest BCUT2D eigenvalue weighted by atomic mass is 32.1. The van der Waals surface area contributed by atoms with Gasteiger partial charge in [-0.05, 0) is 71.7 Å². The number of anilines is 1. The molecule has 3 atom stereocenters. The van der Waals surface area contributed by atoms with Crippen LogP contribution >= 0.6 is 22.7 Å². The van der Waals surface area contributed by atoms with Gasteiger partial charge >= 0.3 is 0 Å². The number of aliphatic hydroxyl groups is 1. The lowest BCUT2D eigenvalue weighted by molar-refractivity contribution is -0.144. The van der Waals surface area contributed by atoms with Gasteiger partial charge in [0.05, 0.1) is 85.3 Å². The van der Waals surface area contributed by atoms with Crippen LogP contribution in [0.2, 0.25) is 0 Å². The molecule has 7 rings (SSSR count). The number of nitrogens with zero attached hydrogens (tertiary/aromatic N) is 5. The Morgan fingerprint density at radius 3 is 2.01 bits per heavy atom.